The van der Waals surface area contributed by atoms with E-state index in [0.29, 0.717) is 19.3 Å². The van der Waals surface area contributed by atoms with Gasteiger partial charge < -0.3 is 15.5 Å². The molecule has 1 rings (SSSR count). The molecule has 1 aliphatic rings. The lowest BCUT2D eigenvalue weighted by atomic mass is 9.78. The quantitative estimate of drug-likeness (QED) is 0.605. The number of rotatable bonds is 3. The molecule has 80 valence electrons. The van der Waals surface area contributed by atoms with Gasteiger partial charge in [0.25, 0.3) is 0 Å². The van der Waals surface area contributed by atoms with Gasteiger partial charge in [0.1, 0.15) is 0 Å². The average Bonchev–Trinajstić information content (AvgIpc) is 2.16. The summed E-state index contributed by atoms with van der Waals surface area (Å²) in [6, 6.07) is -0.220. The molecule has 0 bridgehead atoms. The van der Waals surface area contributed by atoms with Crippen LogP contribution in [0.5, 0.6) is 0 Å². The molecule has 1 aliphatic carbocycles. The second kappa shape index (κ2) is 4.41. The molecule has 5 nitrogen and oxygen atoms in total. The van der Waals surface area contributed by atoms with Gasteiger partial charge in [-0.05, 0) is 26.3 Å². The zero-order chi connectivity index (χ0) is 10.7. The summed E-state index contributed by atoms with van der Waals surface area (Å²) in [4.78, 5) is 21.5. The van der Waals surface area contributed by atoms with Crippen LogP contribution in [0.2, 0.25) is 0 Å². The number of hydrogen-bond acceptors (Lipinski definition) is 3. The molecule has 3 atom stereocenters. The summed E-state index contributed by atoms with van der Waals surface area (Å²) in [6.07, 6.45) is 1.31. The average molecular weight is 201 g/mol. The minimum Gasteiger partial charge on any atom is -0.481 e. The summed E-state index contributed by atoms with van der Waals surface area (Å²) in [5.74, 6) is -2.51. The Labute approximate surface area is 82.1 Å². The predicted molar refractivity (Wildman–Crippen MR) is 49.0 cm³/mol. The normalized spacial score (nSPS) is 32.5. The fourth-order valence-corrected chi connectivity index (χ4v) is 2.01. The van der Waals surface area contributed by atoms with Crippen molar-refractivity contribution >= 4 is 11.9 Å². The van der Waals surface area contributed by atoms with Crippen LogP contribution in [0.25, 0.3) is 0 Å². The van der Waals surface area contributed by atoms with E-state index in [1.165, 1.54) is 0 Å². The largest absolute Gasteiger partial charge is 0.481 e. The molecule has 3 N–H and O–H groups in total. The number of nitrogens with one attached hydrogen (secondary N) is 1. The number of carboxylic acid groups (broad SMARTS) is 2. The van der Waals surface area contributed by atoms with E-state index in [4.69, 9.17) is 10.2 Å². The zero-order valence-corrected chi connectivity index (χ0v) is 8.06. The number of hydrogen-bond donors (Lipinski definition) is 3. The minimum absolute atomic E-state index is 0.220. The maximum atomic E-state index is 10.8. The van der Waals surface area contributed by atoms with Crippen LogP contribution in [-0.4, -0.2) is 35.2 Å². The predicted octanol–water partition coefficient (Wildman–Crippen LogP) is 0.160. The van der Waals surface area contributed by atoms with Crippen LogP contribution in [-0.2, 0) is 9.59 Å². The first-order chi connectivity index (χ1) is 6.56. The van der Waals surface area contributed by atoms with Crippen molar-refractivity contribution in [3.8, 4) is 0 Å². The summed E-state index contributed by atoms with van der Waals surface area (Å²) in [7, 11) is 1.67. The van der Waals surface area contributed by atoms with Gasteiger partial charge in [-0.3, -0.25) is 9.59 Å². The molecule has 0 radical (unpaired) electrons. The molecule has 3 unspecified atom stereocenters. The molecule has 0 spiro atoms. The van der Waals surface area contributed by atoms with Crippen molar-refractivity contribution in [2.24, 2.45) is 11.8 Å². The Balaban J connectivity index is 2.63. The molecule has 0 aromatic carbocycles. The molecule has 1 fully saturated rings. The highest BCUT2D eigenvalue weighted by molar-refractivity contribution is 5.73. The van der Waals surface area contributed by atoms with Gasteiger partial charge in [-0.2, -0.15) is 0 Å². The molecule has 5 heteroatoms. The van der Waals surface area contributed by atoms with E-state index >= 15 is 0 Å². The van der Waals surface area contributed by atoms with Gasteiger partial charge in [0, 0.05) is 6.04 Å². The zero-order valence-electron chi connectivity index (χ0n) is 8.06. The lowest BCUT2D eigenvalue weighted by Crippen LogP contribution is -2.44. The van der Waals surface area contributed by atoms with Crippen molar-refractivity contribution in [1.82, 2.24) is 5.32 Å². The summed E-state index contributed by atoms with van der Waals surface area (Å²) in [5.41, 5.74) is 0. The van der Waals surface area contributed by atoms with Crippen molar-refractivity contribution in [2.75, 3.05) is 7.05 Å². The fraction of sp³-hybridized carbons (Fsp3) is 0.778. The fourth-order valence-electron chi connectivity index (χ4n) is 2.01. The number of aliphatic carboxylic acids is 2. The molecule has 0 aromatic rings. The van der Waals surface area contributed by atoms with Crippen LogP contribution in [0.3, 0.4) is 0 Å². The van der Waals surface area contributed by atoms with Gasteiger partial charge in [0.2, 0.25) is 0 Å². The minimum atomic E-state index is -0.840. The van der Waals surface area contributed by atoms with Crippen molar-refractivity contribution in [2.45, 2.75) is 25.3 Å². The molecule has 1 saturated carbocycles. The van der Waals surface area contributed by atoms with Crippen LogP contribution in [0.1, 0.15) is 19.3 Å². The van der Waals surface area contributed by atoms with Crippen LogP contribution >= 0.6 is 0 Å². The third-order valence-corrected chi connectivity index (χ3v) is 2.89. The first kappa shape index (κ1) is 11.0. The Morgan fingerprint density at radius 1 is 1.21 bits per heavy atom. The molecule has 0 amide bonds. The van der Waals surface area contributed by atoms with Crippen LogP contribution < -0.4 is 5.32 Å². The van der Waals surface area contributed by atoms with E-state index in [1.807, 2.05) is 0 Å². The number of carboxylic acids is 2. The van der Waals surface area contributed by atoms with Crippen LogP contribution in [0.4, 0.5) is 0 Å². The van der Waals surface area contributed by atoms with E-state index in [1.54, 1.807) is 7.05 Å². The summed E-state index contributed by atoms with van der Waals surface area (Å²) < 4.78 is 0. The topological polar surface area (TPSA) is 86.6 Å². The standard InChI is InChI=1S/C9H15NO4/c1-10-7-4-5(8(11)12)2-3-6(7)9(13)14/h5-7,10H,2-4H2,1H3,(H,11,12)(H,13,14). The Hall–Kier alpha value is -1.10. The highest BCUT2D eigenvalue weighted by Crippen LogP contribution is 2.29. The second-order valence-electron chi connectivity index (χ2n) is 3.69. The molecule has 0 heterocycles. The monoisotopic (exact) mass is 201 g/mol. The Morgan fingerprint density at radius 3 is 2.29 bits per heavy atom. The summed E-state index contributed by atoms with van der Waals surface area (Å²) in [6.45, 7) is 0. The van der Waals surface area contributed by atoms with Crippen LogP contribution in [0, 0.1) is 11.8 Å². The molecular weight excluding hydrogens is 186 g/mol. The van der Waals surface area contributed by atoms with Crippen molar-refractivity contribution in [1.29, 1.82) is 0 Å². The van der Waals surface area contributed by atoms with Crippen molar-refractivity contribution < 1.29 is 19.8 Å². The van der Waals surface area contributed by atoms with Gasteiger partial charge in [0.05, 0.1) is 11.8 Å². The van der Waals surface area contributed by atoms with E-state index in [-0.39, 0.29) is 6.04 Å². The third kappa shape index (κ3) is 2.23. The third-order valence-electron chi connectivity index (χ3n) is 2.89. The summed E-state index contributed by atoms with van der Waals surface area (Å²) in [5, 5.41) is 20.6. The molecule has 0 aromatic heterocycles. The Bertz CT molecular complexity index is 241. The van der Waals surface area contributed by atoms with Gasteiger partial charge in [-0.15, -0.1) is 0 Å². The molecule has 0 saturated heterocycles. The maximum Gasteiger partial charge on any atom is 0.308 e. The highest BCUT2D eigenvalue weighted by atomic mass is 16.4. The van der Waals surface area contributed by atoms with Crippen molar-refractivity contribution in [3.05, 3.63) is 0 Å². The molecule has 0 aliphatic heterocycles. The van der Waals surface area contributed by atoms with E-state index in [9.17, 15) is 9.59 Å². The van der Waals surface area contributed by atoms with Gasteiger partial charge in [-0.1, -0.05) is 0 Å². The van der Waals surface area contributed by atoms with Crippen LogP contribution in [0.15, 0.2) is 0 Å². The maximum absolute atomic E-state index is 10.8. The lowest BCUT2D eigenvalue weighted by Gasteiger charge is -2.31. The molecular formula is C9H15NO4. The smallest absolute Gasteiger partial charge is 0.308 e. The van der Waals surface area contributed by atoms with Gasteiger partial charge >= 0.3 is 11.9 Å². The highest BCUT2D eigenvalue weighted by Gasteiger charge is 2.36. The summed E-state index contributed by atoms with van der Waals surface area (Å²) >= 11 is 0. The second-order valence-corrected chi connectivity index (χ2v) is 3.69. The first-order valence-electron chi connectivity index (χ1n) is 4.69. The Kier molecular flexibility index (Phi) is 3.46. The van der Waals surface area contributed by atoms with E-state index in [0.717, 1.165) is 0 Å². The van der Waals surface area contributed by atoms with Gasteiger partial charge in [0.15, 0.2) is 0 Å². The van der Waals surface area contributed by atoms with Crippen molar-refractivity contribution in [3.63, 3.8) is 0 Å². The lowest BCUT2D eigenvalue weighted by molar-refractivity contribution is -0.149. The SMILES string of the molecule is CNC1CC(C(=O)O)CCC1C(=O)O. The molecule has 14 heavy (non-hydrogen) atoms. The Morgan fingerprint density at radius 2 is 1.86 bits per heavy atom. The first-order valence-corrected chi connectivity index (χ1v) is 4.69. The van der Waals surface area contributed by atoms with E-state index < -0.39 is 23.8 Å². The van der Waals surface area contributed by atoms with E-state index in [2.05, 4.69) is 5.32 Å². The van der Waals surface area contributed by atoms with Gasteiger partial charge in [-0.25, -0.2) is 0 Å². The number of carbonyl (C=O) groups is 2.